The monoisotopic (exact) mass is 640 g/mol. The summed E-state index contributed by atoms with van der Waals surface area (Å²) in [4.78, 5) is 0. The van der Waals surface area contributed by atoms with Gasteiger partial charge in [0.25, 0.3) is 0 Å². The van der Waals surface area contributed by atoms with E-state index in [1.165, 1.54) is 57.6 Å². The third-order valence-electron chi connectivity index (χ3n) is 7.44. The van der Waals surface area contributed by atoms with Crippen LogP contribution in [0.1, 0.15) is 56.4 Å². The fourth-order valence-corrected chi connectivity index (χ4v) is 5.83. The quantitative estimate of drug-likeness (QED) is 0.265. The van der Waals surface area contributed by atoms with Gasteiger partial charge in [-0.3, -0.25) is 6.08 Å². The summed E-state index contributed by atoms with van der Waals surface area (Å²) in [6, 6.07) is 39.8. The molecule has 0 N–H and O–H groups in total. The standard InChI is InChI=1S/C19H22.C13H9.C5H5.2ClH.Zr/c1-18(2,16-11-7-5-8-12-16)15-19(3,4)17-13-9-6-10-14-17;1-3-7-12-10(5-1)9-11-6-2-4-8-13(11)12;1-2-4-5-3-1;;;/h5-14H,1-4H3;1-5,7-8H,9H2;1-3H,4H2;2*1H;/q;2*-1;;;+2/p-2. The topological polar surface area (TPSA) is 0 Å². The van der Waals surface area contributed by atoms with Gasteiger partial charge in [-0.25, -0.2) is 12.2 Å². The molecule has 0 fully saturated rings. The van der Waals surface area contributed by atoms with Crippen molar-refractivity contribution in [2.24, 2.45) is 0 Å². The van der Waals surface area contributed by atoms with Crippen molar-refractivity contribution in [2.75, 3.05) is 0 Å². The molecule has 0 nitrogen and oxygen atoms in total. The molecule has 0 bridgehead atoms. The van der Waals surface area contributed by atoms with Crippen molar-refractivity contribution in [1.82, 2.24) is 0 Å². The first-order valence-electron chi connectivity index (χ1n) is 13.3. The Balaban J connectivity index is 0.000000239. The minimum Gasteiger partial charge on any atom is -1.00 e. The molecular weight excluding hydrogens is 607 g/mol. The van der Waals surface area contributed by atoms with E-state index in [1.54, 1.807) is 3.21 Å². The molecule has 6 rings (SSSR count). The van der Waals surface area contributed by atoms with Crippen molar-refractivity contribution < 1.29 is 49.0 Å². The fraction of sp³-hybridized carbons (Fsp3) is 0.216. The smallest absolute Gasteiger partial charge is 0.0253 e. The molecule has 0 amide bonds. The second-order valence-electron chi connectivity index (χ2n) is 10.8. The van der Waals surface area contributed by atoms with E-state index in [-0.39, 0.29) is 35.6 Å². The number of halogens is 2. The summed E-state index contributed by atoms with van der Waals surface area (Å²) >= 11 is 1.51. The molecule has 0 heterocycles. The molecule has 0 spiro atoms. The van der Waals surface area contributed by atoms with Crippen LogP contribution in [0.5, 0.6) is 0 Å². The third-order valence-corrected chi connectivity index (χ3v) is 10.5. The number of allylic oxidation sites excluding steroid dienone is 4. The predicted molar refractivity (Wildman–Crippen MR) is 159 cm³/mol. The Morgan fingerprint density at radius 2 is 1.20 bits per heavy atom. The summed E-state index contributed by atoms with van der Waals surface area (Å²) in [6.45, 7) is 9.38. The van der Waals surface area contributed by atoms with Gasteiger partial charge in [-0.15, -0.1) is 12.0 Å². The minimum absolute atomic E-state index is 0. The Morgan fingerprint density at radius 3 is 1.70 bits per heavy atom. The Bertz CT molecular complexity index is 1310. The Morgan fingerprint density at radius 1 is 0.675 bits per heavy atom. The molecule has 0 saturated carbocycles. The van der Waals surface area contributed by atoms with Gasteiger partial charge in [-0.05, 0) is 6.42 Å². The van der Waals surface area contributed by atoms with E-state index in [4.69, 9.17) is 0 Å². The van der Waals surface area contributed by atoms with Crippen molar-refractivity contribution in [2.45, 2.75) is 51.4 Å². The van der Waals surface area contributed by atoms with Crippen LogP contribution in [0, 0.1) is 12.1 Å². The van der Waals surface area contributed by atoms with E-state index >= 15 is 0 Å². The van der Waals surface area contributed by atoms with Crippen molar-refractivity contribution in [1.29, 1.82) is 0 Å². The van der Waals surface area contributed by atoms with Gasteiger partial charge in [-0.2, -0.15) is 35.9 Å². The molecule has 0 saturated heterocycles. The van der Waals surface area contributed by atoms with Gasteiger partial charge < -0.3 is 24.8 Å². The Hall–Kier alpha value is -2.31. The second kappa shape index (κ2) is 15.6. The van der Waals surface area contributed by atoms with Crippen LogP contribution in [0.4, 0.5) is 0 Å². The average molecular weight is 643 g/mol. The van der Waals surface area contributed by atoms with Crippen molar-refractivity contribution in [3.8, 4) is 11.1 Å². The molecule has 2 aliphatic rings. The van der Waals surface area contributed by atoms with Gasteiger partial charge in [0.15, 0.2) is 0 Å². The zero-order valence-corrected chi connectivity index (χ0v) is 27.7. The van der Waals surface area contributed by atoms with E-state index in [0.29, 0.717) is 0 Å². The normalized spacial score (nSPS) is 12.3. The van der Waals surface area contributed by atoms with Crippen molar-refractivity contribution in [3.63, 3.8) is 0 Å². The summed E-state index contributed by atoms with van der Waals surface area (Å²) in [5.41, 5.74) is 8.50. The van der Waals surface area contributed by atoms with Crippen LogP contribution in [0.15, 0.2) is 121 Å². The van der Waals surface area contributed by atoms with Gasteiger partial charge in [0.05, 0.1) is 0 Å². The summed E-state index contributed by atoms with van der Waals surface area (Å²) < 4.78 is 1.58. The largest absolute Gasteiger partial charge is 1.00 e. The molecule has 4 aromatic carbocycles. The van der Waals surface area contributed by atoms with Crippen molar-refractivity contribution in [3.05, 3.63) is 156 Å². The average Bonchev–Trinajstić information content (AvgIpc) is 3.66. The molecule has 4 aromatic rings. The van der Waals surface area contributed by atoms with E-state index in [0.717, 1.165) is 12.8 Å². The van der Waals surface area contributed by atoms with Crippen LogP contribution < -0.4 is 24.8 Å². The summed E-state index contributed by atoms with van der Waals surface area (Å²) in [5, 5.41) is 0. The number of rotatable bonds is 4. The van der Waals surface area contributed by atoms with Gasteiger partial charge in [-0.1, -0.05) is 35.4 Å². The fourth-order valence-electron chi connectivity index (χ4n) is 5.12. The number of hydrogen-bond acceptors (Lipinski definition) is 0. The molecule has 0 aliphatic heterocycles. The molecule has 40 heavy (non-hydrogen) atoms. The van der Waals surface area contributed by atoms with Crippen LogP contribution in [0.2, 0.25) is 0 Å². The molecule has 0 aromatic heterocycles. The van der Waals surface area contributed by atoms with Crippen LogP contribution in [-0.2, 0) is 41.5 Å². The van der Waals surface area contributed by atoms with Crippen LogP contribution >= 0.6 is 0 Å². The van der Waals surface area contributed by atoms with E-state index in [2.05, 4.69) is 143 Å². The van der Waals surface area contributed by atoms with E-state index in [9.17, 15) is 0 Å². The van der Waals surface area contributed by atoms with Crippen LogP contribution in [-0.4, -0.2) is 3.21 Å². The zero-order valence-electron chi connectivity index (χ0n) is 23.7. The molecular formula is C37H36Cl2Zr-2. The molecule has 0 radical (unpaired) electrons. The van der Waals surface area contributed by atoms with E-state index in [1.807, 2.05) is 18.2 Å². The first-order chi connectivity index (χ1) is 18.3. The van der Waals surface area contributed by atoms with Crippen LogP contribution in [0.25, 0.3) is 11.1 Å². The summed E-state index contributed by atoms with van der Waals surface area (Å²) in [5.74, 6) is 0. The maximum Gasteiger partial charge on any atom is -0.0253 e. The third kappa shape index (κ3) is 8.13. The molecule has 2 aliphatic carbocycles. The summed E-state index contributed by atoms with van der Waals surface area (Å²) in [6.07, 6.45) is 11.0. The first-order valence-corrected chi connectivity index (χ1v) is 14.5. The Labute approximate surface area is 268 Å². The number of hydrogen-bond donors (Lipinski definition) is 0. The van der Waals surface area contributed by atoms with Gasteiger partial charge in [0, 0.05) is 0 Å². The van der Waals surface area contributed by atoms with Crippen LogP contribution in [0.3, 0.4) is 0 Å². The maximum absolute atomic E-state index is 3.30. The Kier molecular flexibility index (Phi) is 13.2. The summed E-state index contributed by atoms with van der Waals surface area (Å²) in [7, 11) is 0. The van der Waals surface area contributed by atoms with E-state index < -0.39 is 0 Å². The minimum atomic E-state index is 0. The van der Waals surface area contributed by atoms with Gasteiger partial charge >= 0.3 is 138 Å². The SMILES string of the molecule is CC(C)([C](=[Zr+2])C(C)(C)c1ccccc1)c1ccccc1.[C-]1=CC=CC1.[Cl-].[Cl-].[c-]1cccc2c1Cc1ccccc1-2. The molecule has 204 valence electrons. The molecule has 3 heteroatoms. The predicted octanol–water partition coefficient (Wildman–Crippen LogP) is 3.03. The molecule has 0 unspecified atom stereocenters. The second-order valence-corrected chi connectivity index (χ2v) is 12.0. The number of fused-ring (bicyclic) bond motifs is 3. The number of benzene rings is 4. The molecule has 0 atom stereocenters. The van der Waals surface area contributed by atoms with Gasteiger partial charge in [0.1, 0.15) is 0 Å². The maximum atomic E-state index is 3.30. The zero-order chi connectivity index (χ0) is 27.0. The first kappa shape index (κ1) is 33.9. The van der Waals surface area contributed by atoms with Gasteiger partial charge in [0.2, 0.25) is 0 Å². The van der Waals surface area contributed by atoms with Crippen molar-refractivity contribution >= 4 is 3.21 Å².